The smallest absolute Gasteiger partial charge is 0.419 e. The molecule has 172 valence electrons. The standard InChI is InChI=1S/C21H23F4N5OS/c1-13-18(31-12-26-13)19-27-28-20(29(19)2)32-9-3-7-30-8-6-15(11-30)14-4-5-16(17(22)10-14)21(23,24)25/h4-5,10,12,15H,3,6-9,11H2,1-2H3. The van der Waals surface area contributed by atoms with E-state index in [1.54, 1.807) is 11.8 Å². The Morgan fingerprint density at radius 3 is 2.75 bits per heavy atom. The van der Waals surface area contributed by atoms with Gasteiger partial charge in [-0.25, -0.2) is 9.37 Å². The van der Waals surface area contributed by atoms with Crippen molar-refractivity contribution < 1.29 is 22.0 Å². The molecule has 0 saturated carbocycles. The quantitative estimate of drug-likeness (QED) is 0.279. The molecule has 2 aromatic heterocycles. The fraction of sp³-hybridized carbons (Fsp3) is 0.476. The number of hydrogen-bond acceptors (Lipinski definition) is 6. The fourth-order valence-electron chi connectivity index (χ4n) is 3.93. The maximum atomic E-state index is 13.9. The summed E-state index contributed by atoms with van der Waals surface area (Å²) < 4.78 is 59.4. The highest BCUT2D eigenvalue weighted by Gasteiger charge is 2.34. The number of nitrogens with zero attached hydrogens (tertiary/aromatic N) is 5. The van der Waals surface area contributed by atoms with Crippen LogP contribution in [0.3, 0.4) is 0 Å². The second-order valence-corrected chi connectivity index (χ2v) is 8.92. The van der Waals surface area contributed by atoms with Crippen molar-refractivity contribution in [2.24, 2.45) is 7.05 Å². The molecule has 0 aliphatic carbocycles. The largest absolute Gasteiger partial charge is 0.440 e. The molecule has 32 heavy (non-hydrogen) atoms. The molecule has 0 amide bonds. The van der Waals surface area contributed by atoms with E-state index < -0.39 is 17.6 Å². The van der Waals surface area contributed by atoms with E-state index in [1.165, 1.54) is 12.5 Å². The minimum Gasteiger partial charge on any atom is -0.440 e. The normalized spacial score (nSPS) is 17.4. The molecule has 0 radical (unpaired) electrons. The van der Waals surface area contributed by atoms with E-state index in [4.69, 9.17) is 4.42 Å². The lowest BCUT2D eigenvalue weighted by Crippen LogP contribution is -2.22. The van der Waals surface area contributed by atoms with Crippen LogP contribution in [0.2, 0.25) is 0 Å². The van der Waals surface area contributed by atoms with E-state index in [1.807, 2.05) is 18.5 Å². The van der Waals surface area contributed by atoms with Crippen LogP contribution in [0.25, 0.3) is 11.6 Å². The molecule has 0 N–H and O–H groups in total. The summed E-state index contributed by atoms with van der Waals surface area (Å²) in [6, 6.07) is 3.28. The summed E-state index contributed by atoms with van der Waals surface area (Å²) in [4.78, 5) is 6.34. The summed E-state index contributed by atoms with van der Waals surface area (Å²) >= 11 is 1.60. The third-order valence-electron chi connectivity index (χ3n) is 5.68. The molecular formula is C21H23F4N5OS. The average Bonchev–Trinajstić information content (AvgIpc) is 3.45. The van der Waals surface area contributed by atoms with Gasteiger partial charge in [-0.1, -0.05) is 17.8 Å². The van der Waals surface area contributed by atoms with E-state index >= 15 is 0 Å². The number of benzene rings is 1. The highest BCUT2D eigenvalue weighted by molar-refractivity contribution is 7.99. The zero-order chi connectivity index (χ0) is 22.9. The van der Waals surface area contributed by atoms with Gasteiger partial charge in [0.15, 0.2) is 17.3 Å². The molecule has 1 aliphatic heterocycles. The van der Waals surface area contributed by atoms with E-state index in [2.05, 4.69) is 20.1 Å². The van der Waals surface area contributed by atoms with Gasteiger partial charge in [-0.2, -0.15) is 13.2 Å². The van der Waals surface area contributed by atoms with Crippen molar-refractivity contribution in [3.05, 3.63) is 47.2 Å². The molecule has 6 nitrogen and oxygen atoms in total. The van der Waals surface area contributed by atoms with Crippen molar-refractivity contribution >= 4 is 11.8 Å². The van der Waals surface area contributed by atoms with E-state index in [9.17, 15) is 17.6 Å². The van der Waals surface area contributed by atoms with Crippen LogP contribution < -0.4 is 0 Å². The van der Waals surface area contributed by atoms with Crippen molar-refractivity contribution in [2.45, 2.75) is 37.0 Å². The SMILES string of the molecule is Cc1ncoc1-c1nnc(SCCCN2CCC(c3ccc(C(F)(F)F)c(F)c3)C2)n1C. The summed E-state index contributed by atoms with van der Waals surface area (Å²) in [6.07, 6.45) is -1.56. The van der Waals surface area contributed by atoms with Gasteiger partial charge in [0.25, 0.3) is 0 Å². The van der Waals surface area contributed by atoms with Crippen LogP contribution in [-0.4, -0.2) is 50.0 Å². The lowest BCUT2D eigenvalue weighted by Gasteiger charge is -2.16. The highest BCUT2D eigenvalue weighted by atomic mass is 32.2. The molecule has 1 aliphatic rings. The molecule has 1 unspecified atom stereocenters. The van der Waals surface area contributed by atoms with Gasteiger partial charge in [0.1, 0.15) is 5.82 Å². The van der Waals surface area contributed by atoms with Gasteiger partial charge in [0.2, 0.25) is 5.82 Å². The third kappa shape index (κ3) is 4.83. The van der Waals surface area contributed by atoms with Crippen molar-refractivity contribution in [1.82, 2.24) is 24.6 Å². The summed E-state index contributed by atoms with van der Waals surface area (Å²) in [5, 5.41) is 9.21. The number of halogens is 4. The lowest BCUT2D eigenvalue weighted by atomic mass is 9.97. The second kappa shape index (κ2) is 9.22. The van der Waals surface area contributed by atoms with Crippen molar-refractivity contribution in [3.8, 4) is 11.6 Å². The van der Waals surface area contributed by atoms with Crippen LogP contribution in [0.5, 0.6) is 0 Å². The summed E-state index contributed by atoms with van der Waals surface area (Å²) in [7, 11) is 1.88. The number of aryl methyl sites for hydroxylation is 1. The van der Waals surface area contributed by atoms with Crippen LogP contribution in [0, 0.1) is 12.7 Å². The van der Waals surface area contributed by atoms with Gasteiger partial charge in [-0.05, 0) is 56.5 Å². The molecular weight excluding hydrogens is 446 g/mol. The molecule has 1 fully saturated rings. The fourth-order valence-corrected chi connectivity index (χ4v) is 4.76. The van der Waals surface area contributed by atoms with Crippen LogP contribution in [0.4, 0.5) is 17.6 Å². The molecule has 0 bridgehead atoms. The van der Waals surface area contributed by atoms with Crippen LogP contribution in [0.15, 0.2) is 34.2 Å². The molecule has 4 rings (SSSR count). The number of oxazole rings is 1. The van der Waals surface area contributed by atoms with Gasteiger partial charge in [0, 0.05) is 19.3 Å². The Morgan fingerprint density at radius 2 is 2.06 bits per heavy atom. The zero-order valence-corrected chi connectivity index (χ0v) is 18.5. The van der Waals surface area contributed by atoms with Crippen molar-refractivity contribution in [2.75, 3.05) is 25.4 Å². The van der Waals surface area contributed by atoms with Crippen molar-refractivity contribution in [3.63, 3.8) is 0 Å². The van der Waals surface area contributed by atoms with E-state index in [0.717, 1.165) is 54.7 Å². The zero-order valence-electron chi connectivity index (χ0n) is 17.7. The number of alkyl halides is 3. The van der Waals surface area contributed by atoms with E-state index in [-0.39, 0.29) is 5.92 Å². The summed E-state index contributed by atoms with van der Waals surface area (Å²) in [5.41, 5.74) is 0.175. The maximum Gasteiger partial charge on any atom is 0.419 e. The predicted molar refractivity (Wildman–Crippen MR) is 112 cm³/mol. The Kier molecular flexibility index (Phi) is 6.57. The van der Waals surface area contributed by atoms with Crippen molar-refractivity contribution in [1.29, 1.82) is 0 Å². The minimum absolute atomic E-state index is 0.0471. The minimum atomic E-state index is -4.67. The van der Waals surface area contributed by atoms with Gasteiger partial charge in [0.05, 0.1) is 11.3 Å². The first kappa shape index (κ1) is 22.8. The monoisotopic (exact) mass is 469 g/mol. The van der Waals surface area contributed by atoms with Gasteiger partial charge in [-0.3, -0.25) is 0 Å². The van der Waals surface area contributed by atoms with Crippen LogP contribution >= 0.6 is 11.8 Å². The Labute approximate surface area is 187 Å². The Morgan fingerprint density at radius 1 is 1.25 bits per heavy atom. The molecule has 3 heterocycles. The number of likely N-dealkylation sites (tertiary alicyclic amines) is 1. The lowest BCUT2D eigenvalue weighted by molar-refractivity contribution is -0.140. The van der Waals surface area contributed by atoms with Crippen LogP contribution in [-0.2, 0) is 13.2 Å². The maximum absolute atomic E-state index is 13.9. The molecule has 0 spiro atoms. The molecule has 1 aromatic carbocycles. The number of aromatic nitrogens is 4. The molecule has 1 saturated heterocycles. The summed E-state index contributed by atoms with van der Waals surface area (Å²) in [5.74, 6) is 0.930. The average molecular weight is 470 g/mol. The third-order valence-corrected chi connectivity index (χ3v) is 6.78. The first-order chi connectivity index (χ1) is 15.2. The van der Waals surface area contributed by atoms with Crippen LogP contribution in [0.1, 0.15) is 35.6 Å². The Bertz CT molecular complexity index is 1080. The second-order valence-electron chi connectivity index (χ2n) is 7.86. The van der Waals surface area contributed by atoms with Gasteiger partial charge >= 0.3 is 6.18 Å². The van der Waals surface area contributed by atoms with Gasteiger partial charge in [-0.15, -0.1) is 10.2 Å². The van der Waals surface area contributed by atoms with E-state index in [0.29, 0.717) is 23.7 Å². The Hall–Kier alpha value is -2.40. The molecule has 1 atom stereocenters. The molecule has 11 heteroatoms. The number of hydrogen-bond donors (Lipinski definition) is 0. The number of rotatable bonds is 7. The molecule has 3 aromatic rings. The first-order valence-corrected chi connectivity index (χ1v) is 11.2. The number of thioether (sulfide) groups is 1. The van der Waals surface area contributed by atoms with Gasteiger partial charge < -0.3 is 13.9 Å². The Balaban J connectivity index is 1.26. The highest BCUT2D eigenvalue weighted by Crippen LogP contribution is 2.34. The predicted octanol–water partition coefficient (Wildman–Crippen LogP) is 4.91. The summed E-state index contributed by atoms with van der Waals surface area (Å²) in [6.45, 7) is 4.27. The topological polar surface area (TPSA) is 60.0 Å². The first-order valence-electron chi connectivity index (χ1n) is 10.3.